The summed E-state index contributed by atoms with van der Waals surface area (Å²) in [6, 6.07) is 12.0. The Morgan fingerprint density at radius 3 is 2.68 bits per heavy atom. The molecular weight excluding hydrogens is 352 g/mol. The zero-order valence-corrected chi connectivity index (χ0v) is 15.8. The summed E-state index contributed by atoms with van der Waals surface area (Å²) in [5.41, 5.74) is 1.21. The Balaban J connectivity index is 1.48. The van der Waals surface area contributed by atoms with E-state index in [1.165, 1.54) is 0 Å². The van der Waals surface area contributed by atoms with E-state index in [9.17, 15) is 5.11 Å². The van der Waals surface area contributed by atoms with Gasteiger partial charge < -0.3 is 14.7 Å². The number of para-hydroxylation sites is 1. The number of nitrogens with zero attached hydrogens (tertiary/aromatic N) is 4. The number of anilines is 1. The minimum absolute atomic E-state index is 0.253. The molecule has 1 unspecified atom stereocenters. The van der Waals surface area contributed by atoms with Crippen molar-refractivity contribution in [2.75, 3.05) is 31.2 Å². The van der Waals surface area contributed by atoms with Crippen molar-refractivity contribution in [3.63, 3.8) is 0 Å². The van der Waals surface area contributed by atoms with Gasteiger partial charge in [0, 0.05) is 49.0 Å². The highest BCUT2D eigenvalue weighted by Gasteiger charge is 2.41. The van der Waals surface area contributed by atoms with Gasteiger partial charge in [0.25, 0.3) is 0 Å². The standard InChI is InChI=1S/C22H24N4O2/c27-22(17-7-13-28-15-17)8-11-26(12-9-22)21-18-5-1-2-6-19(18)24-20(25-21)16-4-3-10-23-14-16/h1-6,10,14,17,27H,7-9,11-13,15H2. The van der Waals surface area contributed by atoms with Gasteiger partial charge in [-0.15, -0.1) is 0 Å². The topological polar surface area (TPSA) is 71.4 Å². The van der Waals surface area contributed by atoms with Gasteiger partial charge in [0.15, 0.2) is 5.82 Å². The maximum Gasteiger partial charge on any atom is 0.163 e. The van der Waals surface area contributed by atoms with Crippen molar-refractivity contribution >= 4 is 16.7 Å². The van der Waals surface area contributed by atoms with Crippen molar-refractivity contribution in [3.8, 4) is 11.4 Å². The van der Waals surface area contributed by atoms with Crippen LogP contribution in [0.25, 0.3) is 22.3 Å². The van der Waals surface area contributed by atoms with Gasteiger partial charge in [0.1, 0.15) is 5.82 Å². The zero-order chi connectivity index (χ0) is 19.0. The second-order valence-electron chi connectivity index (χ2n) is 7.78. The first-order chi connectivity index (χ1) is 13.7. The molecular formula is C22H24N4O2. The van der Waals surface area contributed by atoms with E-state index in [-0.39, 0.29) is 5.92 Å². The molecule has 0 amide bonds. The summed E-state index contributed by atoms with van der Waals surface area (Å²) >= 11 is 0. The highest BCUT2D eigenvalue weighted by molar-refractivity contribution is 5.91. The number of rotatable bonds is 3. The predicted molar refractivity (Wildman–Crippen MR) is 108 cm³/mol. The average Bonchev–Trinajstić information content (AvgIpc) is 3.30. The number of hydrogen-bond donors (Lipinski definition) is 1. The molecule has 0 aliphatic carbocycles. The van der Waals surface area contributed by atoms with E-state index in [1.54, 1.807) is 12.4 Å². The third-order valence-electron chi connectivity index (χ3n) is 6.12. The van der Waals surface area contributed by atoms with E-state index in [0.717, 1.165) is 61.2 Å². The molecule has 2 aliphatic rings. The molecule has 4 heterocycles. The maximum atomic E-state index is 11.1. The minimum Gasteiger partial charge on any atom is -0.389 e. The number of aliphatic hydroxyl groups is 1. The fourth-order valence-electron chi connectivity index (χ4n) is 4.40. The van der Waals surface area contributed by atoms with Crippen molar-refractivity contribution in [2.45, 2.75) is 24.9 Å². The summed E-state index contributed by atoms with van der Waals surface area (Å²) < 4.78 is 5.51. The summed E-state index contributed by atoms with van der Waals surface area (Å²) in [6.45, 7) is 3.00. The first-order valence-electron chi connectivity index (χ1n) is 9.95. The van der Waals surface area contributed by atoms with E-state index < -0.39 is 5.60 Å². The Bertz CT molecular complexity index is 965. The zero-order valence-electron chi connectivity index (χ0n) is 15.8. The van der Waals surface area contributed by atoms with Crippen LogP contribution in [-0.4, -0.2) is 52.0 Å². The van der Waals surface area contributed by atoms with E-state index in [0.29, 0.717) is 12.4 Å². The van der Waals surface area contributed by atoms with Gasteiger partial charge in [-0.2, -0.15) is 0 Å². The van der Waals surface area contributed by atoms with Gasteiger partial charge in [-0.1, -0.05) is 12.1 Å². The average molecular weight is 376 g/mol. The highest BCUT2D eigenvalue weighted by Crippen LogP contribution is 2.37. The third kappa shape index (κ3) is 3.12. The molecule has 0 radical (unpaired) electrons. The van der Waals surface area contributed by atoms with E-state index in [4.69, 9.17) is 14.7 Å². The number of benzene rings is 1. The van der Waals surface area contributed by atoms with Crippen LogP contribution >= 0.6 is 0 Å². The van der Waals surface area contributed by atoms with Gasteiger partial charge in [-0.05, 0) is 43.5 Å². The molecule has 0 saturated carbocycles. The summed E-state index contributed by atoms with van der Waals surface area (Å²) in [5.74, 6) is 1.88. The molecule has 0 bridgehead atoms. The van der Waals surface area contributed by atoms with Crippen LogP contribution in [0.3, 0.4) is 0 Å². The summed E-state index contributed by atoms with van der Waals surface area (Å²) in [7, 11) is 0. The molecule has 6 nitrogen and oxygen atoms in total. The number of hydrogen-bond acceptors (Lipinski definition) is 6. The van der Waals surface area contributed by atoms with Crippen molar-refractivity contribution < 1.29 is 9.84 Å². The van der Waals surface area contributed by atoms with Crippen LogP contribution < -0.4 is 4.90 Å². The van der Waals surface area contributed by atoms with Crippen LogP contribution in [0.1, 0.15) is 19.3 Å². The lowest BCUT2D eigenvalue weighted by atomic mass is 9.79. The number of ether oxygens (including phenoxy) is 1. The molecule has 0 spiro atoms. The second kappa shape index (κ2) is 7.11. The predicted octanol–water partition coefficient (Wildman–Crippen LogP) is 3.06. The van der Waals surface area contributed by atoms with Crippen molar-refractivity contribution in [1.82, 2.24) is 15.0 Å². The molecule has 6 heteroatoms. The lowest BCUT2D eigenvalue weighted by Crippen LogP contribution is -2.49. The fourth-order valence-corrected chi connectivity index (χ4v) is 4.40. The molecule has 1 aromatic carbocycles. The molecule has 5 rings (SSSR count). The fraction of sp³-hybridized carbons (Fsp3) is 0.409. The van der Waals surface area contributed by atoms with Crippen LogP contribution in [0.4, 0.5) is 5.82 Å². The molecule has 3 aromatic rings. The Hall–Kier alpha value is -2.57. The van der Waals surface area contributed by atoms with Crippen molar-refractivity contribution in [3.05, 3.63) is 48.8 Å². The SMILES string of the molecule is OC1(C2CCOC2)CCN(c2nc(-c3cccnc3)nc3ccccc23)CC1. The molecule has 1 atom stereocenters. The van der Waals surface area contributed by atoms with E-state index in [2.05, 4.69) is 16.0 Å². The van der Waals surface area contributed by atoms with Crippen LogP contribution in [0.15, 0.2) is 48.8 Å². The molecule has 28 heavy (non-hydrogen) atoms. The van der Waals surface area contributed by atoms with Gasteiger partial charge in [-0.25, -0.2) is 9.97 Å². The first-order valence-corrected chi connectivity index (χ1v) is 9.95. The van der Waals surface area contributed by atoms with Crippen LogP contribution in [0, 0.1) is 5.92 Å². The van der Waals surface area contributed by atoms with Crippen molar-refractivity contribution in [1.29, 1.82) is 0 Å². The molecule has 2 aromatic heterocycles. The van der Waals surface area contributed by atoms with E-state index in [1.807, 2.05) is 30.3 Å². The van der Waals surface area contributed by atoms with Gasteiger partial charge in [0.2, 0.25) is 0 Å². The lowest BCUT2D eigenvalue weighted by molar-refractivity contribution is -0.0410. The molecule has 1 N–H and O–H groups in total. The number of piperidine rings is 1. The Morgan fingerprint density at radius 2 is 1.93 bits per heavy atom. The van der Waals surface area contributed by atoms with Gasteiger partial charge in [-0.3, -0.25) is 4.98 Å². The van der Waals surface area contributed by atoms with Crippen LogP contribution in [0.2, 0.25) is 0 Å². The third-order valence-corrected chi connectivity index (χ3v) is 6.12. The summed E-state index contributed by atoms with van der Waals surface area (Å²) in [4.78, 5) is 16.2. The Labute approximate surface area is 164 Å². The molecule has 2 aliphatic heterocycles. The molecule has 2 fully saturated rings. The number of aromatic nitrogens is 3. The largest absolute Gasteiger partial charge is 0.389 e. The highest BCUT2D eigenvalue weighted by atomic mass is 16.5. The maximum absolute atomic E-state index is 11.1. The smallest absolute Gasteiger partial charge is 0.163 e. The van der Waals surface area contributed by atoms with Crippen LogP contribution in [0.5, 0.6) is 0 Å². The quantitative estimate of drug-likeness (QED) is 0.758. The summed E-state index contributed by atoms with van der Waals surface area (Å²) in [5, 5.41) is 12.2. The minimum atomic E-state index is -0.623. The Morgan fingerprint density at radius 1 is 1.07 bits per heavy atom. The Kier molecular flexibility index (Phi) is 4.45. The normalized spacial score (nSPS) is 21.9. The first kappa shape index (κ1) is 17.5. The summed E-state index contributed by atoms with van der Waals surface area (Å²) in [6.07, 6.45) is 5.98. The van der Waals surface area contributed by atoms with E-state index >= 15 is 0 Å². The number of pyridine rings is 1. The van der Waals surface area contributed by atoms with Gasteiger partial charge >= 0.3 is 0 Å². The second-order valence-corrected chi connectivity index (χ2v) is 7.78. The lowest BCUT2D eigenvalue weighted by Gasteiger charge is -2.42. The van der Waals surface area contributed by atoms with Crippen molar-refractivity contribution in [2.24, 2.45) is 5.92 Å². The molecule has 2 saturated heterocycles. The van der Waals surface area contributed by atoms with Crippen LogP contribution in [-0.2, 0) is 4.74 Å². The van der Waals surface area contributed by atoms with Gasteiger partial charge in [0.05, 0.1) is 17.7 Å². The monoisotopic (exact) mass is 376 g/mol. The molecule has 144 valence electrons. The number of fused-ring (bicyclic) bond motifs is 1.